The van der Waals surface area contributed by atoms with E-state index in [4.69, 9.17) is 5.73 Å². The molecule has 94 valence electrons. The smallest absolute Gasteiger partial charge is 0.231 e. The van der Waals surface area contributed by atoms with Crippen LogP contribution in [0.5, 0.6) is 0 Å². The van der Waals surface area contributed by atoms with Crippen molar-refractivity contribution < 1.29 is 4.79 Å². The van der Waals surface area contributed by atoms with Gasteiger partial charge in [-0.2, -0.15) is 0 Å². The number of hydrogen-bond donors (Lipinski definition) is 2. The van der Waals surface area contributed by atoms with Crippen molar-refractivity contribution >= 4 is 60.1 Å². The van der Waals surface area contributed by atoms with Crippen LogP contribution in [0, 0.1) is 0 Å². The number of aromatic nitrogens is 3. The minimum atomic E-state index is -0.224. The molecule has 6 nitrogen and oxygen atoms in total. The average Bonchev–Trinajstić information content (AvgIpc) is 2.68. The summed E-state index contributed by atoms with van der Waals surface area (Å²) in [5.41, 5.74) is 6.12. The lowest BCUT2D eigenvalue weighted by Crippen LogP contribution is -2.16. The number of rotatable bonds is 3. The lowest BCUT2D eigenvalue weighted by Gasteiger charge is -2.04. The van der Waals surface area contributed by atoms with Crippen LogP contribution < -0.4 is 11.1 Å². The topological polar surface area (TPSA) is 93.8 Å². The zero-order valence-corrected chi connectivity index (χ0v) is 12.8. The molecule has 0 aliphatic rings. The predicted octanol–water partition coefficient (Wildman–Crippen LogP) is 2.22. The Hall–Kier alpha value is -1.06. The van der Waals surface area contributed by atoms with Gasteiger partial charge >= 0.3 is 0 Å². The maximum Gasteiger partial charge on any atom is 0.231 e. The van der Waals surface area contributed by atoms with Gasteiger partial charge in [-0.25, -0.2) is 15.0 Å². The van der Waals surface area contributed by atoms with E-state index in [0.717, 1.165) is 0 Å². The molecule has 2 heterocycles. The van der Waals surface area contributed by atoms with Crippen molar-refractivity contribution in [3.05, 3.63) is 26.5 Å². The Labute approximate surface area is 123 Å². The van der Waals surface area contributed by atoms with E-state index < -0.39 is 0 Å². The third-order valence-electron chi connectivity index (χ3n) is 1.87. The SMILES string of the molecule is Nc1nc(CC(=O)Nc2ncc(Br)nc2Br)cs1. The summed E-state index contributed by atoms with van der Waals surface area (Å²) in [6, 6.07) is 0. The number of hydrogen-bond acceptors (Lipinski definition) is 6. The van der Waals surface area contributed by atoms with E-state index in [1.807, 2.05) is 0 Å². The molecule has 0 unspecified atom stereocenters. The van der Waals surface area contributed by atoms with Gasteiger partial charge in [-0.1, -0.05) is 0 Å². The molecule has 0 radical (unpaired) electrons. The van der Waals surface area contributed by atoms with Crippen LogP contribution in [0.1, 0.15) is 5.69 Å². The number of thiazole rings is 1. The van der Waals surface area contributed by atoms with Crippen LogP contribution in [0.15, 0.2) is 20.8 Å². The molecule has 2 aromatic rings. The van der Waals surface area contributed by atoms with Gasteiger partial charge in [-0.05, 0) is 31.9 Å². The van der Waals surface area contributed by atoms with Gasteiger partial charge in [0.2, 0.25) is 5.91 Å². The highest BCUT2D eigenvalue weighted by molar-refractivity contribution is 9.11. The van der Waals surface area contributed by atoms with Gasteiger partial charge in [0.25, 0.3) is 0 Å². The lowest BCUT2D eigenvalue weighted by atomic mass is 10.3. The summed E-state index contributed by atoms with van der Waals surface area (Å²) in [7, 11) is 0. The molecule has 0 aliphatic heterocycles. The van der Waals surface area contributed by atoms with Crippen LogP contribution in [0.2, 0.25) is 0 Å². The Kier molecular flexibility index (Phi) is 4.25. The van der Waals surface area contributed by atoms with Crippen molar-refractivity contribution in [1.82, 2.24) is 15.0 Å². The summed E-state index contributed by atoms with van der Waals surface area (Å²) in [4.78, 5) is 23.8. The number of anilines is 2. The summed E-state index contributed by atoms with van der Waals surface area (Å²) >= 11 is 7.69. The number of nitrogens with one attached hydrogen (secondary N) is 1. The second-order valence-corrected chi connectivity index (χ2v) is 5.69. The first-order chi connectivity index (χ1) is 8.54. The van der Waals surface area contributed by atoms with E-state index in [-0.39, 0.29) is 12.3 Å². The molecular formula is C9H7Br2N5OS. The number of amides is 1. The fraction of sp³-hybridized carbons (Fsp3) is 0.111. The van der Waals surface area contributed by atoms with Crippen LogP contribution in [0.4, 0.5) is 10.9 Å². The largest absolute Gasteiger partial charge is 0.375 e. The number of carbonyl (C=O) groups excluding carboxylic acids is 1. The first kappa shape index (κ1) is 13.4. The minimum absolute atomic E-state index is 0.151. The van der Waals surface area contributed by atoms with Gasteiger partial charge < -0.3 is 11.1 Å². The zero-order valence-electron chi connectivity index (χ0n) is 8.85. The van der Waals surface area contributed by atoms with Crippen molar-refractivity contribution in [2.45, 2.75) is 6.42 Å². The molecule has 0 aromatic carbocycles. The van der Waals surface area contributed by atoms with Crippen LogP contribution in [0.25, 0.3) is 0 Å². The fourth-order valence-electron chi connectivity index (χ4n) is 1.18. The van der Waals surface area contributed by atoms with E-state index in [1.54, 1.807) is 5.38 Å². The van der Waals surface area contributed by atoms with Crippen molar-refractivity contribution in [3.63, 3.8) is 0 Å². The van der Waals surface area contributed by atoms with Crippen LogP contribution in [-0.4, -0.2) is 20.9 Å². The van der Waals surface area contributed by atoms with Crippen molar-refractivity contribution in [2.75, 3.05) is 11.1 Å². The van der Waals surface area contributed by atoms with Crippen LogP contribution in [0.3, 0.4) is 0 Å². The van der Waals surface area contributed by atoms with Crippen molar-refractivity contribution in [2.24, 2.45) is 0 Å². The van der Waals surface area contributed by atoms with Gasteiger partial charge in [0.1, 0.15) is 9.21 Å². The molecule has 0 aliphatic carbocycles. The Morgan fingerprint density at radius 1 is 1.44 bits per heavy atom. The Balaban J connectivity index is 2.03. The number of nitrogen functional groups attached to an aromatic ring is 1. The highest BCUT2D eigenvalue weighted by atomic mass is 79.9. The first-order valence-corrected chi connectivity index (χ1v) is 7.19. The van der Waals surface area contributed by atoms with Gasteiger partial charge in [-0.3, -0.25) is 4.79 Å². The van der Waals surface area contributed by atoms with Gasteiger partial charge in [0.05, 0.1) is 18.3 Å². The Morgan fingerprint density at radius 3 is 2.83 bits per heavy atom. The fourth-order valence-corrected chi connectivity index (χ4v) is 2.65. The molecule has 0 saturated heterocycles. The average molecular weight is 393 g/mol. The third kappa shape index (κ3) is 3.47. The van der Waals surface area contributed by atoms with Crippen LogP contribution in [-0.2, 0) is 11.2 Å². The second kappa shape index (κ2) is 5.72. The number of nitrogens with two attached hydrogens (primary N) is 1. The molecule has 0 saturated carbocycles. The van der Waals surface area contributed by atoms with Gasteiger partial charge in [0.15, 0.2) is 10.9 Å². The standard InChI is InChI=1S/C9H7Br2N5OS/c10-5-2-13-8(7(11)15-5)16-6(17)1-4-3-18-9(12)14-4/h2-3H,1H2,(H2,12,14)(H,13,16,17). The molecule has 0 fully saturated rings. The van der Waals surface area contributed by atoms with Gasteiger partial charge in [-0.15, -0.1) is 11.3 Å². The number of halogens is 2. The van der Waals surface area contributed by atoms with E-state index in [2.05, 4.69) is 52.1 Å². The molecule has 18 heavy (non-hydrogen) atoms. The molecule has 9 heteroatoms. The molecule has 0 atom stereocenters. The highest BCUT2D eigenvalue weighted by Crippen LogP contribution is 2.19. The molecule has 2 rings (SSSR count). The van der Waals surface area contributed by atoms with E-state index >= 15 is 0 Å². The summed E-state index contributed by atoms with van der Waals surface area (Å²) in [6.07, 6.45) is 1.65. The monoisotopic (exact) mass is 391 g/mol. The molecule has 0 spiro atoms. The van der Waals surface area contributed by atoms with Crippen molar-refractivity contribution in [1.29, 1.82) is 0 Å². The van der Waals surface area contributed by atoms with Gasteiger partial charge in [0, 0.05) is 5.38 Å². The summed E-state index contributed by atoms with van der Waals surface area (Å²) < 4.78 is 1.04. The molecular weight excluding hydrogens is 386 g/mol. The zero-order chi connectivity index (χ0) is 13.1. The van der Waals surface area contributed by atoms with E-state index in [0.29, 0.717) is 25.8 Å². The summed E-state index contributed by atoms with van der Waals surface area (Å²) in [6.45, 7) is 0. The second-order valence-electron chi connectivity index (χ2n) is 3.23. The Bertz CT molecular complexity index is 588. The lowest BCUT2D eigenvalue weighted by molar-refractivity contribution is -0.115. The predicted molar refractivity (Wildman–Crippen MR) is 76.3 cm³/mol. The number of nitrogens with zero attached hydrogens (tertiary/aromatic N) is 3. The maximum absolute atomic E-state index is 11.7. The normalized spacial score (nSPS) is 10.3. The summed E-state index contributed by atoms with van der Waals surface area (Å²) in [5.74, 6) is 0.143. The third-order valence-corrected chi connectivity index (χ3v) is 3.53. The van der Waals surface area contributed by atoms with Crippen molar-refractivity contribution in [3.8, 4) is 0 Å². The summed E-state index contributed by atoms with van der Waals surface area (Å²) in [5, 5.41) is 4.83. The molecule has 1 amide bonds. The molecule has 2 aromatic heterocycles. The molecule has 0 bridgehead atoms. The minimum Gasteiger partial charge on any atom is -0.375 e. The van der Waals surface area contributed by atoms with E-state index in [1.165, 1.54) is 17.5 Å². The quantitative estimate of drug-likeness (QED) is 0.835. The number of carbonyl (C=O) groups is 1. The highest BCUT2D eigenvalue weighted by Gasteiger charge is 2.10. The van der Waals surface area contributed by atoms with E-state index in [9.17, 15) is 4.79 Å². The Morgan fingerprint density at radius 2 is 2.22 bits per heavy atom. The van der Waals surface area contributed by atoms with Crippen LogP contribution >= 0.6 is 43.2 Å². The molecule has 3 N–H and O–H groups in total. The maximum atomic E-state index is 11.7. The first-order valence-electron chi connectivity index (χ1n) is 4.72.